The third kappa shape index (κ3) is 4.25. The van der Waals surface area contributed by atoms with Crippen LogP contribution in [-0.2, 0) is 9.59 Å². The number of ether oxygens (including phenoxy) is 1. The van der Waals surface area contributed by atoms with Crippen LogP contribution in [0.25, 0.3) is 10.8 Å². The van der Waals surface area contributed by atoms with Crippen molar-refractivity contribution in [2.45, 2.75) is 20.3 Å². The predicted octanol–water partition coefficient (Wildman–Crippen LogP) is 6.24. The molecule has 0 aliphatic carbocycles. The largest absolute Gasteiger partial charge is 0.457 e. The predicted molar refractivity (Wildman–Crippen MR) is 135 cm³/mol. The third-order valence-corrected chi connectivity index (χ3v) is 6.46. The van der Waals surface area contributed by atoms with Crippen LogP contribution < -0.4 is 15.0 Å². The van der Waals surface area contributed by atoms with E-state index in [9.17, 15) is 9.59 Å². The second-order valence-corrected chi connectivity index (χ2v) is 8.72. The molecule has 0 radical (unpaired) electrons. The van der Waals surface area contributed by atoms with Crippen LogP contribution in [0.1, 0.15) is 17.5 Å². The fourth-order valence-electron chi connectivity index (χ4n) is 4.41. The lowest BCUT2D eigenvalue weighted by molar-refractivity contribution is -0.122. The minimum atomic E-state index is -0.390. The molecule has 5 rings (SSSR count). The number of anilines is 2. The van der Waals surface area contributed by atoms with Crippen LogP contribution in [-0.4, -0.2) is 18.4 Å². The van der Waals surface area contributed by atoms with Gasteiger partial charge in [0.25, 0.3) is 0 Å². The first-order chi connectivity index (χ1) is 16.5. The van der Waals surface area contributed by atoms with Gasteiger partial charge in [-0.15, -0.1) is 0 Å². The summed E-state index contributed by atoms with van der Waals surface area (Å²) in [5.41, 5.74) is 3.76. The minimum absolute atomic E-state index is 0.0207. The first-order valence-corrected chi connectivity index (χ1v) is 11.4. The maximum atomic E-state index is 12.9. The summed E-state index contributed by atoms with van der Waals surface area (Å²) in [5.74, 6) is 0.910. The Balaban J connectivity index is 1.25. The molecule has 4 aromatic carbocycles. The molecule has 4 aromatic rings. The number of nitrogens with one attached hydrogen (secondary N) is 1. The number of benzene rings is 4. The van der Waals surface area contributed by atoms with E-state index in [-0.39, 0.29) is 24.2 Å². The molecule has 5 nitrogen and oxygen atoms in total. The zero-order chi connectivity index (χ0) is 23.7. The third-order valence-electron chi connectivity index (χ3n) is 6.46. The molecule has 1 atom stereocenters. The van der Waals surface area contributed by atoms with Gasteiger partial charge in [0.1, 0.15) is 11.5 Å². The summed E-state index contributed by atoms with van der Waals surface area (Å²) in [5, 5.41) is 5.11. The van der Waals surface area contributed by atoms with Gasteiger partial charge in [0.2, 0.25) is 11.8 Å². The van der Waals surface area contributed by atoms with Crippen molar-refractivity contribution < 1.29 is 14.3 Å². The molecule has 0 aromatic heterocycles. The van der Waals surface area contributed by atoms with Crippen molar-refractivity contribution in [3.8, 4) is 11.5 Å². The monoisotopic (exact) mass is 450 g/mol. The Hall–Kier alpha value is -4.12. The van der Waals surface area contributed by atoms with Crippen molar-refractivity contribution in [1.82, 2.24) is 0 Å². The lowest BCUT2D eigenvalue weighted by atomic mass is 10.1. The molecule has 1 aliphatic rings. The number of hydrogen-bond donors (Lipinski definition) is 1. The highest BCUT2D eigenvalue weighted by molar-refractivity contribution is 6.04. The van der Waals surface area contributed by atoms with Crippen molar-refractivity contribution in [2.75, 3.05) is 16.8 Å². The lowest BCUT2D eigenvalue weighted by Crippen LogP contribution is -2.28. The van der Waals surface area contributed by atoms with Crippen molar-refractivity contribution in [3.05, 3.63) is 96.1 Å². The summed E-state index contributed by atoms with van der Waals surface area (Å²) in [6.07, 6.45) is 0.210. The number of aryl methyl sites for hydroxylation is 1. The van der Waals surface area contributed by atoms with E-state index in [1.807, 2.05) is 86.6 Å². The molecule has 0 bridgehead atoms. The molecule has 2 amide bonds. The van der Waals surface area contributed by atoms with E-state index < -0.39 is 0 Å². The summed E-state index contributed by atoms with van der Waals surface area (Å²) >= 11 is 0. The number of nitrogens with zero attached hydrogens (tertiary/aromatic N) is 1. The quantitative estimate of drug-likeness (QED) is 0.391. The number of hydrogen-bond acceptors (Lipinski definition) is 3. The smallest absolute Gasteiger partial charge is 0.229 e. The summed E-state index contributed by atoms with van der Waals surface area (Å²) < 4.78 is 6.09. The average molecular weight is 451 g/mol. The molecule has 1 aliphatic heterocycles. The Kier molecular flexibility index (Phi) is 5.76. The van der Waals surface area contributed by atoms with Crippen LogP contribution in [0.4, 0.5) is 11.4 Å². The molecule has 34 heavy (non-hydrogen) atoms. The van der Waals surface area contributed by atoms with E-state index >= 15 is 0 Å². The van der Waals surface area contributed by atoms with E-state index in [2.05, 4.69) is 17.4 Å². The van der Waals surface area contributed by atoms with Crippen molar-refractivity contribution in [3.63, 3.8) is 0 Å². The number of fused-ring (bicyclic) bond motifs is 1. The molecule has 0 spiro atoms. The van der Waals surface area contributed by atoms with E-state index in [1.54, 1.807) is 4.90 Å². The molecule has 0 saturated carbocycles. The van der Waals surface area contributed by atoms with Gasteiger partial charge < -0.3 is 15.0 Å². The number of carbonyl (C=O) groups is 2. The number of carbonyl (C=O) groups excluding carboxylic acids is 2. The summed E-state index contributed by atoms with van der Waals surface area (Å²) in [4.78, 5) is 27.3. The highest BCUT2D eigenvalue weighted by Gasteiger charge is 2.35. The molecule has 1 heterocycles. The van der Waals surface area contributed by atoms with Gasteiger partial charge in [-0.2, -0.15) is 0 Å². The number of amides is 2. The van der Waals surface area contributed by atoms with E-state index in [0.717, 1.165) is 33.3 Å². The molecule has 1 saturated heterocycles. The zero-order valence-corrected chi connectivity index (χ0v) is 19.2. The zero-order valence-electron chi connectivity index (χ0n) is 19.2. The Morgan fingerprint density at radius 2 is 1.65 bits per heavy atom. The van der Waals surface area contributed by atoms with E-state index in [1.165, 1.54) is 0 Å². The van der Waals surface area contributed by atoms with Crippen molar-refractivity contribution >= 4 is 34.0 Å². The summed E-state index contributed by atoms with van der Waals surface area (Å²) in [6.45, 7) is 4.42. The minimum Gasteiger partial charge on any atom is -0.457 e. The van der Waals surface area contributed by atoms with E-state index in [0.29, 0.717) is 18.0 Å². The molecule has 0 unspecified atom stereocenters. The topological polar surface area (TPSA) is 58.6 Å². The maximum absolute atomic E-state index is 12.9. The summed E-state index contributed by atoms with van der Waals surface area (Å²) in [7, 11) is 0. The van der Waals surface area contributed by atoms with Gasteiger partial charge in [0.05, 0.1) is 5.92 Å². The Labute approximate surface area is 199 Å². The normalized spacial score (nSPS) is 15.5. The second kappa shape index (κ2) is 9.02. The van der Waals surface area contributed by atoms with Gasteiger partial charge in [-0.1, -0.05) is 48.5 Å². The van der Waals surface area contributed by atoms with Crippen LogP contribution in [0.15, 0.2) is 84.9 Å². The van der Waals surface area contributed by atoms with Crippen LogP contribution >= 0.6 is 0 Å². The first kappa shape index (κ1) is 21.7. The van der Waals surface area contributed by atoms with E-state index in [4.69, 9.17) is 4.74 Å². The maximum Gasteiger partial charge on any atom is 0.229 e. The molecular formula is C29H26N2O3. The van der Waals surface area contributed by atoms with Crippen LogP contribution in [0.5, 0.6) is 11.5 Å². The van der Waals surface area contributed by atoms with Gasteiger partial charge in [0, 0.05) is 29.7 Å². The summed E-state index contributed by atoms with van der Waals surface area (Å²) in [6, 6.07) is 27.2. The van der Waals surface area contributed by atoms with Gasteiger partial charge >= 0.3 is 0 Å². The molecule has 5 heteroatoms. The second-order valence-electron chi connectivity index (χ2n) is 8.72. The van der Waals surface area contributed by atoms with Crippen molar-refractivity contribution in [1.29, 1.82) is 0 Å². The molecular weight excluding hydrogens is 424 g/mol. The highest BCUT2D eigenvalue weighted by atomic mass is 16.5. The lowest BCUT2D eigenvalue weighted by Gasteiger charge is -2.20. The van der Waals surface area contributed by atoms with Gasteiger partial charge in [-0.25, -0.2) is 0 Å². The standard InChI is InChI=1S/C29H26N2O3/c1-19-7-5-11-26(20(19)2)31-18-22(17-28(31)32)29(33)30-23-13-15-24(16-14-23)34-27-12-6-9-21-8-3-4-10-25(21)27/h3-16,22H,17-18H2,1-2H3,(H,30,33)/t22-/m0/s1. The molecule has 1 fully saturated rings. The Morgan fingerprint density at radius 1 is 0.912 bits per heavy atom. The fourth-order valence-corrected chi connectivity index (χ4v) is 4.41. The van der Waals surface area contributed by atoms with Crippen LogP contribution in [0, 0.1) is 19.8 Å². The van der Waals surface area contributed by atoms with Crippen LogP contribution in [0.2, 0.25) is 0 Å². The van der Waals surface area contributed by atoms with Crippen molar-refractivity contribution in [2.24, 2.45) is 5.92 Å². The SMILES string of the molecule is Cc1cccc(N2C[C@@H](C(=O)Nc3ccc(Oc4cccc5ccccc45)cc3)CC2=O)c1C. The Bertz CT molecular complexity index is 1370. The van der Waals surface area contributed by atoms with Gasteiger partial charge in [0.15, 0.2) is 0 Å². The fraction of sp³-hybridized carbons (Fsp3) is 0.172. The Morgan fingerprint density at radius 3 is 2.47 bits per heavy atom. The van der Waals surface area contributed by atoms with Crippen LogP contribution in [0.3, 0.4) is 0 Å². The van der Waals surface area contributed by atoms with Gasteiger partial charge in [-0.05, 0) is 66.8 Å². The average Bonchev–Trinajstić information content (AvgIpc) is 3.24. The first-order valence-electron chi connectivity index (χ1n) is 11.4. The molecule has 1 N–H and O–H groups in total. The number of rotatable bonds is 5. The molecule has 170 valence electrons. The van der Waals surface area contributed by atoms with Gasteiger partial charge in [-0.3, -0.25) is 9.59 Å². The highest BCUT2D eigenvalue weighted by Crippen LogP contribution is 2.32.